The summed E-state index contributed by atoms with van der Waals surface area (Å²) >= 11 is 0. The van der Waals surface area contributed by atoms with E-state index in [0.29, 0.717) is 6.04 Å². The van der Waals surface area contributed by atoms with Crippen LogP contribution in [0.25, 0.3) is 0 Å². The molecule has 0 saturated carbocycles. The maximum Gasteiger partial charge on any atom is 0.236 e. The highest BCUT2D eigenvalue weighted by molar-refractivity contribution is 5.80. The average molecular weight is 213 g/mol. The fourth-order valence-corrected chi connectivity index (χ4v) is 2.16. The minimum Gasteiger partial charge on any atom is -0.358 e. The molecule has 1 rings (SSSR count). The quantitative estimate of drug-likeness (QED) is 0.685. The van der Waals surface area contributed by atoms with Crippen LogP contribution in [0.1, 0.15) is 26.7 Å². The van der Waals surface area contributed by atoms with Crippen molar-refractivity contribution in [2.45, 2.75) is 38.8 Å². The number of amides is 1. The van der Waals surface area contributed by atoms with E-state index in [1.165, 1.54) is 19.4 Å². The van der Waals surface area contributed by atoms with Crippen LogP contribution in [0.4, 0.5) is 0 Å². The predicted molar refractivity (Wildman–Crippen MR) is 61.8 cm³/mol. The zero-order valence-electron chi connectivity index (χ0n) is 10.0. The van der Waals surface area contributed by atoms with E-state index in [-0.39, 0.29) is 11.9 Å². The Kier molecular flexibility index (Phi) is 5.05. The fourth-order valence-electron chi connectivity index (χ4n) is 2.16. The number of likely N-dealkylation sites (tertiary alicyclic amines) is 1. The molecule has 0 aromatic rings. The second-order valence-corrected chi connectivity index (χ2v) is 4.17. The first-order valence-corrected chi connectivity index (χ1v) is 5.88. The number of rotatable bonds is 5. The third-order valence-corrected chi connectivity index (χ3v) is 3.20. The Balaban J connectivity index is 2.27. The van der Waals surface area contributed by atoms with Gasteiger partial charge in [0, 0.05) is 19.6 Å². The van der Waals surface area contributed by atoms with Crippen LogP contribution in [0.2, 0.25) is 0 Å². The molecule has 1 heterocycles. The number of carbonyl (C=O) groups is 1. The van der Waals surface area contributed by atoms with Crippen molar-refractivity contribution in [2.75, 3.05) is 26.7 Å². The molecule has 2 atom stereocenters. The molecule has 0 bridgehead atoms. The average Bonchev–Trinajstić information content (AvgIpc) is 2.71. The minimum absolute atomic E-state index is 0.0658. The normalized spacial score (nSPS) is 24.1. The van der Waals surface area contributed by atoms with Gasteiger partial charge in [-0.25, -0.2) is 0 Å². The fraction of sp³-hybridized carbons (Fsp3) is 0.909. The van der Waals surface area contributed by atoms with Crippen LogP contribution in [0.5, 0.6) is 0 Å². The summed E-state index contributed by atoms with van der Waals surface area (Å²) in [6.45, 7) is 7.34. The summed E-state index contributed by atoms with van der Waals surface area (Å²) in [4.78, 5) is 13.8. The Morgan fingerprint density at radius 2 is 2.33 bits per heavy atom. The minimum atomic E-state index is -0.0886. The van der Waals surface area contributed by atoms with Gasteiger partial charge in [-0.15, -0.1) is 0 Å². The molecule has 1 aliphatic rings. The summed E-state index contributed by atoms with van der Waals surface area (Å²) in [5.74, 6) is 0.0658. The molecule has 2 unspecified atom stereocenters. The molecule has 15 heavy (non-hydrogen) atoms. The molecule has 88 valence electrons. The maximum atomic E-state index is 11.3. The third kappa shape index (κ3) is 3.47. The van der Waals surface area contributed by atoms with E-state index in [9.17, 15) is 4.79 Å². The zero-order valence-corrected chi connectivity index (χ0v) is 10.0. The summed E-state index contributed by atoms with van der Waals surface area (Å²) in [5.41, 5.74) is 0. The molecule has 0 aliphatic carbocycles. The first kappa shape index (κ1) is 12.5. The second kappa shape index (κ2) is 6.08. The van der Waals surface area contributed by atoms with Crippen LogP contribution in [0, 0.1) is 0 Å². The van der Waals surface area contributed by atoms with Crippen molar-refractivity contribution in [3.05, 3.63) is 0 Å². The van der Waals surface area contributed by atoms with Gasteiger partial charge in [-0.3, -0.25) is 9.69 Å². The molecule has 0 aromatic carbocycles. The van der Waals surface area contributed by atoms with Crippen molar-refractivity contribution in [1.82, 2.24) is 15.5 Å². The first-order chi connectivity index (χ1) is 7.19. The number of nitrogens with one attached hydrogen (secondary N) is 2. The molecule has 1 fully saturated rings. The van der Waals surface area contributed by atoms with Crippen LogP contribution in [0.3, 0.4) is 0 Å². The van der Waals surface area contributed by atoms with Crippen molar-refractivity contribution in [1.29, 1.82) is 0 Å². The van der Waals surface area contributed by atoms with Gasteiger partial charge in [-0.05, 0) is 32.9 Å². The topological polar surface area (TPSA) is 44.4 Å². The maximum absolute atomic E-state index is 11.3. The van der Waals surface area contributed by atoms with Crippen LogP contribution in [0.15, 0.2) is 0 Å². The van der Waals surface area contributed by atoms with Crippen molar-refractivity contribution < 1.29 is 4.79 Å². The van der Waals surface area contributed by atoms with Gasteiger partial charge in [-0.1, -0.05) is 6.92 Å². The van der Waals surface area contributed by atoms with Crippen LogP contribution < -0.4 is 10.6 Å². The number of carbonyl (C=O) groups excluding carboxylic acids is 1. The standard InChI is InChI=1S/C11H23N3O/c1-4-14-7-5-6-10(14)8-13-9(2)11(15)12-3/h9-10,13H,4-8H2,1-3H3,(H,12,15). The van der Waals surface area contributed by atoms with Crippen LogP contribution >= 0.6 is 0 Å². The lowest BCUT2D eigenvalue weighted by Gasteiger charge is -2.24. The summed E-state index contributed by atoms with van der Waals surface area (Å²) in [5, 5.41) is 5.94. The smallest absolute Gasteiger partial charge is 0.236 e. The summed E-state index contributed by atoms with van der Waals surface area (Å²) in [7, 11) is 1.68. The molecule has 1 amide bonds. The van der Waals surface area contributed by atoms with E-state index in [2.05, 4.69) is 22.5 Å². The van der Waals surface area contributed by atoms with Crippen molar-refractivity contribution in [3.8, 4) is 0 Å². The van der Waals surface area contributed by atoms with Crippen LogP contribution in [-0.2, 0) is 4.79 Å². The van der Waals surface area contributed by atoms with Gasteiger partial charge in [-0.2, -0.15) is 0 Å². The third-order valence-electron chi connectivity index (χ3n) is 3.20. The Labute approximate surface area is 92.4 Å². The predicted octanol–water partition coefficient (Wildman–Crippen LogP) is 0.195. The molecule has 1 aliphatic heterocycles. The summed E-state index contributed by atoms with van der Waals surface area (Å²) in [6.07, 6.45) is 2.54. The largest absolute Gasteiger partial charge is 0.358 e. The highest BCUT2D eigenvalue weighted by atomic mass is 16.2. The van der Waals surface area contributed by atoms with Gasteiger partial charge in [0.2, 0.25) is 5.91 Å². The van der Waals surface area contributed by atoms with Gasteiger partial charge in [0.1, 0.15) is 0 Å². The SMILES string of the molecule is CCN1CCCC1CNC(C)C(=O)NC. The van der Waals surface area contributed by atoms with E-state index in [1.807, 2.05) is 6.92 Å². The molecule has 1 saturated heterocycles. The van der Waals surface area contributed by atoms with Gasteiger partial charge in [0.05, 0.1) is 6.04 Å². The molecule has 4 heteroatoms. The molecule has 0 spiro atoms. The molecule has 4 nitrogen and oxygen atoms in total. The molecular weight excluding hydrogens is 190 g/mol. The number of likely N-dealkylation sites (N-methyl/N-ethyl adjacent to an activating group) is 2. The summed E-state index contributed by atoms with van der Waals surface area (Å²) in [6, 6.07) is 0.524. The zero-order chi connectivity index (χ0) is 11.3. The molecule has 0 radical (unpaired) electrons. The van der Waals surface area contributed by atoms with Crippen LogP contribution in [-0.4, -0.2) is 49.6 Å². The van der Waals surface area contributed by atoms with Crippen molar-refractivity contribution >= 4 is 5.91 Å². The van der Waals surface area contributed by atoms with E-state index in [4.69, 9.17) is 0 Å². The number of hydrogen-bond acceptors (Lipinski definition) is 3. The van der Waals surface area contributed by atoms with Crippen molar-refractivity contribution in [3.63, 3.8) is 0 Å². The van der Waals surface area contributed by atoms with E-state index in [0.717, 1.165) is 13.1 Å². The van der Waals surface area contributed by atoms with E-state index in [1.54, 1.807) is 7.05 Å². The lowest BCUT2D eigenvalue weighted by molar-refractivity contribution is -0.122. The van der Waals surface area contributed by atoms with Gasteiger partial charge >= 0.3 is 0 Å². The van der Waals surface area contributed by atoms with Gasteiger partial charge in [0.15, 0.2) is 0 Å². The molecular formula is C11H23N3O. The number of hydrogen-bond donors (Lipinski definition) is 2. The Morgan fingerprint density at radius 1 is 1.60 bits per heavy atom. The Morgan fingerprint density at radius 3 is 2.93 bits per heavy atom. The Bertz CT molecular complexity index is 208. The first-order valence-electron chi connectivity index (χ1n) is 5.88. The second-order valence-electron chi connectivity index (χ2n) is 4.17. The van der Waals surface area contributed by atoms with Crippen molar-refractivity contribution in [2.24, 2.45) is 0 Å². The van der Waals surface area contributed by atoms with E-state index < -0.39 is 0 Å². The monoisotopic (exact) mass is 213 g/mol. The molecule has 0 aromatic heterocycles. The van der Waals surface area contributed by atoms with Gasteiger partial charge in [0.25, 0.3) is 0 Å². The summed E-state index contributed by atoms with van der Waals surface area (Å²) < 4.78 is 0. The highest BCUT2D eigenvalue weighted by Crippen LogP contribution is 2.15. The molecule has 2 N–H and O–H groups in total. The Hall–Kier alpha value is -0.610. The van der Waals surface area contributed by atoms with Gasteiger partial charge < -0.3 is 10.6 Å². The lowest BCUT2D eigenvalue weighted by atomic mass is 10.2. The lowest BCUT2D eigenvalue weighted by Crippen LogP contribution is -2.46. The number of nitrogens with zero attached hydrogens (tertiary/aromatic N) is 1. The highest BCUT2D eigenvalue weighted by Gasteiger charge is 2.23. The van der Waals surface area contributed by atoms with E-state index >= 15 is 0 Å².